The maximum Gasteiger partial charge on any atom is 0.270 e. The molecule has 0 fully saturated rings. The molecule has 0 saturated heterocycles. The number of nitrogens with one attached hydrogen (secondary N) is 2. The maximum atomic E-state index is 12.1. The van der Waals surface area contributed by atoms with Gasteiger partial charge in [0, 0.05) is 18.7 Å². The molecule has 0 aromatic heterocycles. The third-order valence-electron chi connectivity index (χ3n) is 2.49. The number of nitro benzene ring substituents is 1. The molecule has 10 heteroatoms. The number of carbonyl (C=O) groups is 1. The van der Waals surface area contributed by atoms with E-state index in [1.807, 2.05) is 0 Å². The third-order valence-corrected chi connectivity index (χ3v) is 4.51. The van der Waals surface area contributed by atoms with Crippen LogP contribution in [-0.2, 0) is 14.8 Å². The minimum atomic E-state index is -4.16. The summed E-state index contributed by atoms with van der Waals surface area (Å²) >= 11 is 5.77. The molecule has 21 heavy (non-hydrogen) atoms. The number of halogens is 1. The van der Waals surface area contributed by atoms with Gasteiger partial charge in [-0.3, -0.25) is 14.9 Å². The molecule has 116 valence electrons. The van der Waals surface area contributed by atoms with E-state index < -0.39 is 37.5 Å². The lowest BCUT2D eigenvalue weighted by Gasteiger charge is -2.14. The number of hydrogen-bond acceptors (Lipinski definition) is 5. The summed E-state index contributed by atoms with van der Waals surface area (Å²) in [5.74, 6) is -0.511. The highest BCUT2D eigenvalue weighted by Gasteiger charge is 2.25. The number of non-ortho nitro benzene ring substituents is 1. The van der Waals surface area contributed by atoms with Crippen LogP contribution >= 0.6 is 11.6 Å². The summed E-state index contributed by atoms with van der Waals surface area (Å²) in [4.78, 5) is 21.0. The van der Waals surface area contributed by atoms with Crippen LogP contribution in [0.4, 0.5) is 5.69 Å². The second-order valence-electron chi connectivity index (χ2n) is 4.11. The van der Waals surface area contributed by atoms with Gasteiger partial charge >= 0.3 is 0 Å². The van der Waals surface area contributed by atoms with E-state index in [2.05, 4.69) is 10.0 Å². The Hall–Kier alpha value is -1.71. The summed E-state index contributed by atoms with van der Waals surface area (Å²) in [6, 6.07) is 2.01. The van der Waals surface area contributed by atoms with Crippen LogP contribution in [0.5, 0.6) is 0 Å². The number of nitro groups is 1. The fraction of sp³-hybridized carbons (Fsp3) is 0.364. The van der Waals surface area contributed by atoms with Crippen molar-refractivity contribution in [2.45, 2.75) is 24.8 Å². The second-order valence-corrected chi connectivity index (χ2v) is 6.20. The Morgan fingerprint density at radius 3 is 2.62 bits per heavy atom. The van der Waals surface area contributed by atoms with Gasteiger partial charge in [0.15, 0.2) is 0 Å². The molecule has 0 saturated carbocycles. The topological polar surface area (TPSA) is 118 Å². The van der Waals surface area contributed by atoms with Gasteiger partial charge in [-0.2, -0.15) is 4.72 Å². The minimum Gasteiger partial charge on any atom is -0.355 e. The molecule has 0 heterocycles. The monoisotopic (exact) mass is 335 g/mol. The molecular formula is C11H14ClN3O5S. The summed E-state index contributed by atoms with van der Waals surface area (Å²) in [6.45, 7) is 3.40. The highest BCUT2D eigenvalue weighted by Crippen LogP contribution is 2.26. The molecule has 0 aliphatic heterocycles. The first-order valence-electron chi connectivity index (χ1n) is 5.93. The first-order chi connectivity index (χ1) is 9.69. The summed E-state index contributed by atoms with van der Waals surface area (Å²) < 4.78 is 26.4. The van der Waals surface area contributed by atoms with Crippen LogP contribution in [0.1, 0.15) is 13.8 Å². The van der Waals surface area contributed by atoms with Gasteiger partial charge in [0.05, 0.1) is 16.0 Å². The number of rotatable bonds is 6. The number of likely N-dealkylation sites (N-methyl/N-ethyl adjacent to an activating group) is 1. The number of sulfonamides is 1. The molecule has 1 aromatic carbocycles. The Bertz CT molecular complexity index is 662. The Balaban J connectivity index is 3.11. The molecule has 2 N–H and O–H groups in total. The fourth-order valence-electron chi connectivity index (χ4n) is 1.49. The van der Waals surface area contributed by atoms with Gasteiger partial charge in [-0.25, -0.2) is 8.42 Å². The van der Waals surface area contributed by atoms with E-state index in [1.54, 1.807) is 6.92 Å². The number of benzene rings is 1. The second kappa shape index (κ2) is 6.83. The van der Waals surface area contributed by atoms with Crippen LogP contribution < -0.4 is 10.0 Å². The first kappa shape index (κ1) is 17.3. The lowest BCUT2D eigenvalue weighted by atomic mass is 10.3. The van der Waals surface area contributed by atoms with Gasteiger partial charge in [0.1, 0.15) is 4.90 Å². The summed E-state index contributed by atoms with van der Waals surface area (Å²) in [5, 5.41) is 13.0. The van der Waals surface area contributed by atoms with Gasteiger partial charge in [-0.15, -0.1) is 0 Å². The molecule has 0 aliphatic rings. The SMILES string of the molecule is CCNC(=O)C(C)NS(=O)(=O)c1cc([N+](=O)[O-])ccc1Cl. The van der Waals surface area contributed by atoms with Crippen molar-refractivity contribution in [3.05, 3.63) is 33.3 Å². The fourth-order valence-corrected chi connectivity index (χ4v) is 3.21. The van der Waals surface area contributed by atoms with Gasteiger partial charge in [0.25, 0.3) is 5.69 Å². The smallest absolute Gasteiger partial charge is 0.270 e. The molecule has 1 amide bonds. The zero-order chi connectivity index (χ0) is 16.2. The summed E-state index contributed by atoms with van der Waals surface area (Å²) in [7, 11) is -4.16. The zero-order valence-electron chi connectivity index (χ0n) is 11.3. The van der Waals surface area contributed by atoms with Crippen LogP contribution in [-0.4, -0.2) is 31.8 Å². The van der Waals surface area contributed by atoms with E-state index in [0.29, 0.717) is 6.54 Å². The zero-order valence-corrected chi connectivity index (χ0v) is 12.9. The largest absolute Gasteiger partial charge is 0.355 e. The van der Waals surface area contributed by atoms with E-state index >= 15 is 0 Å². The molecule has 1 aromatic rings. The standard InChI is InChI=1S/C11H14ClN3O5S/c1-3-13-11(16)7(2)14-21(19,20)10-6-8(15(17)18)4-5-9(10)12/h4-7,14H,3H2,1-2H3,(H,13,16). The van der Waals surface area contributed by atoms with Gasteiger partial charge < -0.3 is 5.32 Å². The average molecular weight is 336 g/mol. The number of carbonyl (C=O) groups excluding carboxylic acids is 1. The molecule has 1 atom stereocenters. The molecule has 0 bridgehead atoms. The molecule has 8 nitrogen and oxygen atoms in total. The van der Waals surface area contributed by atoms with E-state index in [9.17, 15) is 23.3 Å². The average Bonchev–Trinajstić information content (AvgIpc) is 2.38. The maximum absolute atomic E-state index is 12.1. The van der Waals surface area contributed by atoms with Gasteiger partial charge in [-0.1, -0.05) is 11.6 Å². The molecule has 0 aliphatic carbocycles. The molecular weight excluding hydrogens is 322 g/mol. The van der Waals surface area contributed by atoms with Crippen LogP contribution in [0.3, 0.4) is 0 Å². The third kappa shape index (κ3) is 4.38. The van der Waals surface area contributed by atoms with Crippen molar-refractivity contribution in [2.24, 2.45) is 0 Å². The quantitative estimate of drug-likeness (QED) is 0.595. The van der Waals surface area contributed by atoms with Crippen LogP contribution in [0, 0.1) is 10.1 Å². The Morgan fingerprint density at radius 2 is 2.10 bits per heavy atom. The number of amides is 1. The van der Waals surface area contributed by atoms with Crippen molar-refractivity contribution in [1.29, 1.82) is 0 Å². The normalized spacial score (nSPS) is 12.7. The molecule has 0 radical (unpaired) electrons. The van der Waals surface area contributed by atoms with Crippen molar-refractivity contribution in [2.75, 3.05) is 6.54 Å². The lowest BCUT2D eigenvalue weighted by Crippen LogP contribution is -2.44. The van der Waals surface area contributed by atoms with Gasteiger partial charge in [-0.05, 0) is 19.9 Å². The number of hydrogen-bond donors (Lipinski definition) is 2. The van der Waals surface area contributed by atoms with Crippen LogP contribution in [0.2, 0.25) is 5.02 Å². The Labute approximate surface area is 126 Å². The van der Waals surface area contributed by atoms with Gasteiger partial charge in [0.2, 0.25) is 15.9 Å². The predicted octanol–water partition coefficient (Wildman–Crippen LogP) is 1.05. The molecule has 1 rings (SSSR count). The summed E-state index contributed by atoms with van der Waals surface area (Å²) in [5.41, 5.74) is -0.412. The Kier molecular flexibility index (Phi) is 5.64. The van der Waals surface area contributed by atoms with E-state index in [-0.39, 0.29) is 5.02 Å². The van der Waals surface area contributed by atoms with Crippen molar-refractivity contribution in [3.63, 3.8) is 0 Å². The van der Waals surface area contributed by atoms with Crippen molar-refractivity contribution in [1.82, 2.24) is 10.0 Å². The van der Waals surface area contributed by atoms with Crippen molar-refractivity contribution < 1.29 is 18.1 Å². The van der Waals surface area contributed by atoms with Crippen molar-refractivity contribution >= 4 is 33.2 Å². The highest BCUT2D eigenvalue weighted by atomic mass is 35.5. The van der Waals surface area contributed by atoms with E-state index in [4.69, 9.17) is 11.6 Å². The van der Waals surface area contributed by atoms with E-state index in [1.165, 1.54) is 6.92 Å². The minimum absolute atomic E-state index is 0.170. The highest BCUT2D eigenvalue weighted by molar-refractivity contribution is 7.89. The van der Waals surface area contributed by atoms with Crippen LogP contribution in [0.25, 0.3) is 0 Å². The predicted molar refractivity (Wildman–Crippen MR) is 76.6 cm³/mol. The van der Waals surface area contributed by atoms with Crippen LogP contribution in [0.15, 0.2) is 23.1 Å². The lowest BCUT2D eigenvalue weighted by molar-refractivity contribution is -0.385. The summed E-state index contributed by atoms with van der Waals surface area (Å²) in [6.07, 6.45) is 0. The molecule has 0 spiro atoms. The van der Waals surface area contributed by atoms with E-state index in [0.717, 1.165) is 18.2 Å². The number of nitrogens with zero attached hydrogens (tertiary/aromatic N) is 1. The molecule has 1 unspecified atom stereocenters. The van der Waals surface area contributed by atoms with Crippen molar-refractivity contribution in [3.8, 4) is 0 Å². The Morgan fingerprint density at radius 1 is 1.48 bits per heavy atom. The first-order valence-corrected chi connectivity index (χ1v) is 7.79.